The van der Waals surface area contributed by atoms with E-state index in [4.69, 9.17) is 4.42 Å². The molecule has 0 spiro atoms. The van der Waals surface area contributed by atoms with Crippen molar-refractivity contribution in [1.82, 2.24) is 0 Å². The van der Waals surface area contributed by atoms with Crippen LogP contribution in [0.4, 0.5) is 17.1 Å². The average Bonchev–Trinajstić information content (AvgIpc) is 3.15. The van der Waals surface area contributed by atoms with Crippen molar-refractivity contribution >= 4 is 28.9 Å². The number of carbonyl (C=O) groups is 2. The zero-order chi connectivity index (χ0) is 18.4. The van der Waals surface area contributed by atoms with E-state index in [2.05, 4.69) is 16.0 Å². The summed E-state index contributed by atoms with van der Waals surface area (Å²) in [5, 5.41) is 8.60. The number of anilines is 3. The zero-order valence-electron chi connectivity index (χ0n) is 14.3. The molecule has 2 aromatic carbocycles. The van der Waals surface area contributed by atoms with Crippen molar-refractivity contribution in [3.05, 3.63) is 78.3 Å². The second kappa shape index (κ2) is 8.02. The monoisotopic (exact) mass is 349 g/mol. The van der Waals surface area contributed by atoms with Crippen LogP contribution in [0.1, 0.15) is 16.1 Å². The standard InChI is InChI=1S/C20H19N3O3/c1-14-5-2-6-15(11-14)21-13-19(24)22-16-7-3-8-17(12-16)23-20(25)18-9-4-10-26-18/h2-12,21H,13H2,1H3,(H,22,24)(H,23,25). The molecule has 0 saturated heterocycles. The minimum Gasteiger partial charge on any atom is -0.459 e. The molecule has 26 heavy (non-hydrogen) atoms. The zero-order valence-corrected chi connectivity index (χ0v) is 14.3. The number of aryl methyl sites for hydroxylation is 1. The van der Waals surface area contributed by atoms with E-state index in [0.717, 1.165) is 11.3 Å². The first-order valence-electron chi connectivity index (χ1n) is 8.15. The summed E-state index contributed by atoms with van der Waals surface area (Å²) < 4.78 is 5.05. The number of hydrogen-bond acceptors (Lipinski definition) is 4. The van der Waals surface area contributed by atoms with Crippen molar-refractivity contribution in [2.45, 2.75) is 6.92 Å². The Morgan fingerprint density at radius 2 is 1.62 bits per heavy atom. The van der Waals surface area contributed by atoms with Crippen molar-refractivity contribution in [3.63, 3.8) is 0 Å². The molecule has 0 aliphatic rings. The lowest BCUT2D eigenvalue weighted by molar-refractivity contribution is -0.114. The Hall–Kier alpha value is -3.54. The number of furan rings is 1. The third-order valence-electron chi connectivity index (χ3n) is 3.62. The van der Waals surface area contributed by atoms with Gasteiger partial charge in [-0.15, -0.1) is 0 Å². The van der Waals surface area contributed by atoms with Crippen molar-refractivity contribution in [1.29, 1.82) is 0 Å². The van der Waals surface area contributed by atoms with Crippen LogP contribution < -0.4 is 16.0 Å². The van der Waals surface area contributed by atoms with E-state index in [0.29, 0.717) is 11.4 Å². The van der Waals surface area contributed by atoms with Crippen LogP contribution in [0.15, 0.2) is 71.3 Å². The molecule has 1 heterocycles. The van der Waals surface area contributed by atoms with E-state index in [-0.39, 0.29) is 24.1 Å². The lowest BCUT2D eigenvalue weighted by atomic mass is 10.2. The van der Waals surface area contributed by atoms with Gasteiger partial charge in [0, 0.05) is 17.1 Å². The second-order valence-electron chi connectivity index (χ2n) is 5.78. The van der Waals surface area contributed by atoms with Crippen LogP contribution in [-0.2, 0) is 4.79 Å². The van der Waals surface area contributed by atoms with E-state index in [9.17, 15) is 9.59 Å². The molecule has 132 valence electrons. The summed E-state index contributed by atoms with van der Waals surface area (Å²) in [5.41, 5.74) is 3.17. The molecule has 6 nitrogen and oxygen atoms in total. The second-order valence-corrected chi connectivity index (χ2v) is 5.78. The highest BCUT2D eigenvalue weighted by Crippen LogP contribution is 2.16. The van der Waals surface area contributed by atoms with Gasteiger partial charge in [-0.05, 0) is 55.0 Å². The molecule has 0 saturated carbocycles. The Balaban J connectivity index is 1.56. The normalized spacial score (nSPS) is 10.2. The fourth-order valence-corrected chi connectivity index (χ4v) is 2.42. The van der Waals surface area contributed by atoms with Crippen molar-refractivity contribution in [2.75, 3.05) is 22.5 Å². The number of carbonyl (C=O) groups excluding carboxylic acids is 2. The highest BCUT2D eigenvalue weighted by atomic mass is 16.3. The first-order chi connectivity index (χ1) is 12.6. The lowest BCUT2D eigenvalue weighted by Gasteiger charge is -2.10. The van der Waals surface area contributed by atoms with Gasteiger partial charge < -0.3 is 20.4 Å². The Morgan fingerprint density at radius 1 is 0.885 bits per heavy atom. The van der Waals surface area contributed by atoms with Crippen LogP contribution >= 0.6 is 0 Å². The summed E-state index contributed by atoms with van der Waals surface area (Å²) in [7, 11) is 0. The van der Waals surface area contributed by atoms with Crippen LogP contribution in [0.2, 0.25) is 0 Å². The van der Waals surface area contributed by atoms with Crippen LogP contribution in [0.5, 0.6) is 0 Å². The van der Waals surface area contributed by atoms with Crippen LogP contribution in [0, 0.1) is 6.92 Å². The summed E-state index contributed by atoms with van der Waals surface area (Å²) in [6.07, 6.45) is 1.44. The molecule has 0 bridgehead atoms. The van der Waals surface area contributed by atoms with Crippen LogP contribution in [0.25, 0.3) is 0 Å². The molecule has 0 aliphatic carbocycles. The van der Waals surface area contributed by atoms with Gasteiger partial charge in [-0.2, -0.15) is 0 Å². The van der Waals surface area contributed by atoms with E-state index in [1.54, 1.807) is 36.4 Å². The smallest absolute Gasteiger partial charge is 0.291 e. The van der Waals surface area contributed by atoms with Crippen molar-refractivity contribution < 1.29 is 14.0 Å². The molecular formula is C20H19N3O3. The Bertz CT molecular complexity index is 904. The molecule has 1 aromatic heterocycles. The van der Waals surface area contributed by atoms with Crippen molar-refractivity contribution in [2.24, 2.45) is 0 Å². The van der Waals surface area contributed by atoms with Gasteiger partial charge in [0.05, 0.1) is 12.8 Å². The van der Waals surface area contributed by atoms with Gasteiger partial charge in [-0.3, -0.25) is 9.59 Å². The molecule has 2 amide bonds. The number of nitrogens with one attached hydrogen (secondary N) is 3. The first kappa shape index (κ1) is 17.3. The maximum absolute atomic E-state index is 12.1. The first-order valence-corrected chi connectivity index (χ1v) is 8.15. The third-order valence-corrected chi connectivity index (χ3v) is 3.62. The number of hydrogen-bond donors (Lipinski definition) is 3. The average molecular weight is 349 g/mol. The van der Waals surface area contributed by atoms with Gasteiger partial charge in [-0.1, -0.05) is 18.2 Å². The highest BCUT2D eigenvalue weighted by Gasteiger charge is 2.09. The molecule has 0 atom stereocenters. The maximum Gasteiger partial charge on any atom is 0.291 e. The molecule has 3 aromatic rings. The van der Waals surface area contributed by atoms with Gasteiger partial charge in [0.25, 0.3) is 5.91 Å². The van der Waals surface area contributed by atoms with E-state index in [1.165, 1.54) is 6.26 Å². The third kappa shape index (κ3) is 4.73. The van der Waals surface area contributed by atoms with Crippen LogP contribution in [0.3, 0.4) is 0 Å². The summed E-state index contributed by atoms with van der Waals surface area (Å²) in [6, 6.07) is 18.0. The fraction of sp³-hybridized carbons (Fsp3) is 0.100. The van der Waals surface area contributed by atoms with E-state index < -0.39 is 0 Å². The van der Waals surface area contributed by atoms with E-state index in [1.807, 2.05) is 31.2 Å². The number of benzene rings is 2. The van der Waals surface area contributed by atoms with Gasteiger partial charge >= 0.3 is 0 Å². The van der Waals surface area contributed by atoms with E-state index >= 15 is 0 Å². The molecule has 3 rings (SSSR count). The molecule has 0 aliphatic heterocycles. The Labute approximate surface area is 151 Å². The van der Waals surface area contributed by atoms with Crippen molar-refractivity contribution in [3.8, 4) is 0 Å². The fourth-order valence-electron chi connectivity index (χ4n) is 2.42. The summed E-state index contributed by atoms with van der Waals surface area (Å²) in [6.45, 7) is 2.14. The minimum absolute atomic E-state index is 0.145. The Morgan fingerprint density at radius 3 is 2.35 bits per heavy atom. The van der Waals surface area contributed by atoms with Gasteiger partial charge in [0.15, 0.2) is 5.76 Å². The minimum atomic E-state index is -0.348. The summed E-state index contributed by atoms with van der Waals surface area (Å²) in [5.74, 6) is -0.303. The number of rotatable bonds is 6. The molecule has 6 heteroatoms. The molecule has 0 unspecified atom stereocenters. The Kier molecular flexibility index (Phi) is 5.34. The molecule has 0 fully saturated rings. The highest BCUT2D eigenvalue weighted by molar-refractivity contribution is 6.02. The predicted octanol–water partition coefficient (Wildman–Crippen LogP) is 3.89. The van der Waals surface area contributed by atoms with Gasteiger partial charge in [0.2, 0.25) is 5.91 Å². The lowest BCUT2D eigenvalue weighted by Crippen LogP contribution is -2.21. The quantitative estimate of drug-likeness (QED) is 0.630. The maximum atomic E-state index is 12.1. The largest absolute Gasteiger partial charge is 0.459 e. The number of amides is 2. The van der Waals surface area contributed by atoms with Crippen LogP contribution in [-0.4, -0.2) is 18.4 Å². The van der Waals surface area contributed by atoms with Gasteiger partial charge in [0.1, 0.15) is 0 Å². The topological polar surface area (TPSA) is 83.4 Å². The summed E-state index contributed by atoms with van der Waals surface area (Å²) in [4.78, 5) is 24.1. The van der Waals surface area contributed by atoms with Gasteiger partial charge in [-0.25, -0.2) is 0 Å². The molecule has 0 radical (unpaired) electrons. The molecule has 3 N–H and O–H groups in total. The summed E-state index contributed by atoms with van der Waals surface area (Å²) >= 11 is 0. The SMILES string of the molecule is Cc1cccc(NCC(=O)Nc2cccc(NC(=O)c3ccco3)c2)c1. The molecular weight excluding hydrogens is 330 g/mol. The predicted molar refractivity (Wildman–Crippen MR) is 101 cm³/mol.